The quantitative estimate of drug-likeness (QED) is 0.599. The predicted octanol–water partition coefficient (Wildman–Crippen LogP) is 2.61. The molecule has 2 heterocycles. The van der Waals surface area contributed by atoms with Crippen LogP contribution in [0.1, 0.15) is 56.4 Å². The van der Waals surface area contributed by atoms with Crippen LogP contribution >= 0.6 is 0 Å². The summed E-state index contributed by atoms with van der Waals surface area (Å²) in [6.07, 6.45) is 4.54. The van der Waals surface area contributed by atoms with Crippen molar-refractivity contribution in [3.8, 4) is 5.75 Å². The smallest absolute Gasteiger partial charge is 0.319 e. The molecule has 1 aromatic carbocycles. The van der Waals surface area contributed by atoms with Gasteiger partial charge in [0, 0.05) is 23.2 Å². The van der Waals surface area contributed by atoms with Crippen molar-refractivity contribution in [2.75, 3.05) is 11.9 Å². The van der Waals surface area contributed by atoms with Gasteiger partial charge in [-0.05, 0) is 37.5 Å². The fraction of sp³-hybridized carbons (Fsp3) is 0.619. The molecule has 4 N–H and O–H groups in total. The van der Waals surface area contributed by atoms with Gasteiger partial charge in [0.2, 0.25) is 0 Å². The molecule has 4 rings (SSSR count). The third kappa shape index (κ3) is 4.48. The second-order valence-electron chi connectivity index (χ2n) is 8.19. The zero-order valence-electron chi connectivity index (χ0n) is 16.3. The van der Waals surface area contributed by atoms with E-state index in [0.717, 1.165) is 31.2 Å². The zero-order chi connectivity index (χ0) is 20.4. The van der Waals surface area contributed by atoms with Crippen molar-refractivity contribution in [1.29, 1.82) is 0 Å². The Morgan fingerprint density at radius 3 is 2.69 bits per heavy atom. The molecule has 8 heteroatoms. The van der Waals surface area contributed by atoms with Crippen molar-refractivity contribution < 1.29 is 29.3 Å². The van der Waals surface area contributed by atoms with E-state index in [1.807, 2.05) is 12.1 Å². The Labute approximate surface area is 169 Å². The zero-order valence-corrected chi connectivity index (χ0v) is 16.3. The molecule has 2 aliphatic heterocycles. The van der Waals surface area contributed by atoms with Crippen molar-refractivity contribution in [3.05, 3.63) is 23.8 Å². The third-order valence-corrected chi connectivity index (χ3v) is 6.10. The SMILES string of the molecule is O=C(O)C[C@H]1C[C@H]2c3cc(NC(=O)NC4CCCCC4)ccc3O[C@H]2[C@H](CO)O1. The van der Waals surface area contributed by atoms with E-state index in [-0.39, 0.29) is 37.1 Å². The molecule has 0 spiro atoms. The highest BCUT2D eigenvalue weighted by molar-refractivity contribution is 5.89. The fourth-order valence-electron chi connectivity index (χ4n) is 4.76. The topological polar surface area (TPSA) is 117 Å². The standard InChI is InChI=1S/C21H28N2O6/c24-11-18-20-16(9-14(28-18)10-19(25)26)15-8-13(6-7-17(15)29-20)23-21(27)22-12-4-2-1-3-5-12/h6-8,12,14,16,18,20,24H,1-5,9-11H2,(H,25,26)(H2,22,23,27)/t14-,16+,18+,20-/m1/s1. The number of aliphatic hydroxyl groups excluding tert-OH is 1. The summed E-state index contributed by atoms with van der Waals surface area (Å²) in [5.41, 5.74) is 1.59. The van der Waals surface area contributed by atoms with E-state index in [4.69, 9.17) is 14.6 Å². The second kappa shape index (κ2) is 8.59. The van der Waals surface area contributed by atoms with Crippen LogP contribution in [0, 0.1) is 0 Å². The summed E-state index contributed by atoms with van der Waals surface area (Å²) in [6, 6.07) is 5.50. The highest BCUT2D eigenvalue weighted by Crippen LogP contribution is 2.47. The minimum atomic E-state index is -0.931. The number of rotatable bonds is 5. The monoisotopic (exact) mass is 404 g/mol. The molecule has 29 heavy (non-hydrogen) atoms. The lowest BCUT2D eigenvalue weighted by atomic mass is 9.84. The number of hydrogen-bond donors (Lipinski definition) is 4. The molecule has 2 amide bonds. The Balaban J connectivity index is 1.46. The number of carboxylic acids is 1. The number of anilines is 1. The largest absolute Gasteiger partial charge is 0.487 e. The number of amides is 2. The summed E-state index contributed by atoms with van der Waals surface area (Å²) in [5, 5.41) is 24.7. The molecule has 1 saturated heterocycles. The maximum absolute atomic E-state index is 12.4. The summed E-state index contributed by atoms with van der Waals surface area (Å²) in [4.78, 5) is 23.5. The second-order valence-corrected chi connectivity index (χ2v) is 8.19. The van der Waals surface area contributed by atoms with E-state index < -0.39 is 18.2 Å². The van der Waals surface area contributed by atoms with Crippen LogP contribution in [0.5, 0.6) is 5.75 Å². The van der Waals surface area contributed by atoms with Crippen molar-refractivity contribution in [2.45, 2.75) is 75.2 Å². The Hall–Kier alpha value is -2.32. The van der Waals surface area contributed by atoms with Gasteiger partial charge in [-0.3, -0.25) is 4.79 Å². The molecular formula is C21H28N2O6. The molecule has 4 atom stereocenters. The van der Waals surface area contributed by atoms with Gasteiger partial charge in [0.05, 0.1) is 19.1 Å². The number of carboxylic acid groups (broad SMARTS) is 1. The first-order valence-corrected chi connectivity index (χ1v) is 10.4. The molecule has 0 aromatic heterocycles. The van der Waals surface area contributed by atoms with E-state index in [1.165, 1.54) is 6.42 Å². The number of urea groups is 1. The molecule has 1 aromatic rings. The highest BCUT2D eigenvalue weighted by Gasteiger charge is 2.46. The van der Waals surface area contributed by atoms with Gasteiger partial charge in [0.25, 0.3) is 0 Å². The minimum absolute atomic E-state index is 0.0802. The Morgan fingerprint density at radius 1 is 1.17 bits per heavy atom. The first-order valence-electron chi connectivity index (χ1n) is 10.4. The molecule has 0 radical (unpaired) electrons. The normalized spacial score (nSPS) is 28.7. The minimum Gasteiger partial charge on any atom is -0.487 e. The van der Waals surface area contributed by atoms with Crippen LogP contribution in [-0.4, -0.2) is 53.2 Å². The molecule has 0 bridgehead atoms. The van der Waals surface area contributed by atoms with Crippen LogP contribution in [0.3, 0.4) is 0 Å². The van der Waals surface area contributed by atoms with E-state index in [2.05, 4.69) is 10.6 Å². The Morgan fingerprint density at radius 2 is 1.97 bits per heavy atom. The lowest BCUT2D eigenvalue weighted by Crippen LogP contribution is -2.46. The maximum Gasteiger partial charge on any atom is 0.319 e. The summed E-state index contributed by atoms with van der Waals surface area (Å²) in [5.74, 6) is -0.321. The van der Waals surface area contributed by atoms with Gasteiger partial charge in [0.1, 0.15) is 18.0 Å². The number of aliphatic carboxylic acids is 1. The number of aliphatic hydroxyl groups is 1. The molecule has 3 aliphatic rings. The Kier molecular flexibility index (Phi) is 5.91. The van der Waals surface area contributed by atoms with Crippen LogP contribution in [-0.2, 0) is 9.53 Å². The van der Waals surface area contributed by atoms with Crippen molar-refractivity contribution >= 4 is 17.7 Å². The summed E-state index contributed by atoms with van der Waals surface area (Å²) < 4.78 is 11.7. The van der Waals surface area contributed by atoms with Crippen LogP contribution in [0.4, 0.5) is 10.5 Å². The van der Waals surface area contributed by atoms with Crippen molar-refractivity contribution in [1.82, 2.24) is 5.32 Å². The van der Waals surface area contributed by atoms with Crippen LogP contribution in [0.25, 0.3) is 0 Å². The van der Waals surface area contributed by atoms with E-state index in [1.54, 1.807) is 6.07 Å². The van der Waals surface area contributed by atoms with Gasteiger partial charge in [-0.1, -0.05) is 19.3 Å². The van der Waals surface area contributed by atoms with Crippen LogP contribution < -0.4 is 15.4 Å². The fourth-order valence-corrected chi connectivity index (χ4v) is 4.76. The van der Waals surface area contributed by atoms with Gasteiger partial charge < -0.3 is 30.3 Å². The van der Waals surface area contributed by atoms with Crippen LogP contribution in [0.2, 0.25) is 0 Å². The molecule has 8 nitrogen and oxygen atoms in total. The van der Waals surface area contributed by atoms with Gasteiger partial charge in [0.15, 0.2) is 0 Å². The van der Waals surface area contributed by atoms with Gasteiger partial charge in [-0.15, -0.1) is 0 Å². The van der Waals surface area contributed by atoms with E-state index in [9.17, 15) is 14.7 Å². The van der Waals surface area contributed by atoms with Gasteiger partial charge in [-0.25, -0.2) is 4.79 Å². The molecule has 2 fully saturated rings. The Bertz CT molecular complexity index is 764. The predicted molar refractivity (Wildman–Crippen MR) is 105 cm³/mol. The lowest BCUT2D eigenvalue weighted by Gasteiger charge is -2.36. The average molecular weight is 404 g/mol. The van der Waals surface area contributed by atoms with Gasteiger partial charge in [-0.2, -0.15) is 0 Å². The number of carbonyl (C=O) groups is 2. The third-order valence-electron chi connectivity index (χ3n) is 6.10. The number of nitrogens with one attached hydrogen (secondary N) is 2. The first-order chi connectivity index (χ1) is 14.0. The first kappa shape index (κ1) is 20.0. The maximum atomic E-state index is 12.4. The number of ether oxygens (including phenoxy) is 2. The molecule has 1 saturated carbocycles. The van der Waals surface area contributed by atoms with Crippen molar-refractivity contribution in [3.63, 3.8) is 0 Å². The molecule has 0 unspecified atom stereocenters. The summed E-state index contributed by atoms with van der Waals surface area (Å²) in [6.45, 7) is -0.236. The highest BCUT2D eigenvalue weighted by atomic mass is 16.6. The van der Waals surface area contributed by atoms with E-state index >= 15 is 0 Å². The summed E-state index contributed by atoms with van der Waals surface area (Å²) >= 11 is 0. The number of benzene rings is 1. The van der Waals surface area contributed by atoms with Crippen LogP contribution in [0.15, 0.2) is 18.2 Å². The molecule has 1 aliphatic carbocycles. The van der Waals surface area contributed by atoms with Crippen molar-refractivity contribution in [2.24, 2.45) is 0 Å². The number of carbonyl (C=O) groups excluding carboxylic acids is 1. The average Bonchev–Trinajstić information content (AvgIpc) is 3.05. The number of hydrogen-bond acceptors (Lipinski definition) is 5. The molecule has 158 valence electrons. The molecular weight excluding hydrogens is 376 g/mol. The number of fused-ring (bicyclic) bond motifs is 3. The summed E-state index contributed by atoms with van der Waals surface area (Å²) in [7, 11) is 0. The van der Waals surface area contributed by atoms with Gasteiger partial charge >= 0.3 is 12.0 Å². The van der Waals surface area contributed by atoms with E-state index in [0.29, 0.717) is 17.9 Å². The lowest BCUT2D eigenvalue weighted by molar-refractivity contribution is -0.153.